The molecule has 0 spiro atoms. The maximum atomic E-state index is 10.8. The van der Waals surface area contributed by atoms with E-state index in [1.54, 1.807) is 11.3 Å². The average Bonchev–Trinajstić information content (AvgIpc) is 3.10. The summed E-state index contributed by atoms with van der Waals surface area (Å²) >= 11 is 2.88. The number of hydrogen-bond donors (Lipinski definition) is 1. The van der Waals surface area contributed by atoms with Gasteiger partial charge in [0.05, 0.1) is 11.4 Å². The first-order valence-corrected chi connectivity index (χ1v) is 8.32. The Labute approximate surface area is 129 Å². The summed E-state index contributed by atoms with van der Waals surface area (Å²) in [5.74, 6) is -0.0546. The summed E-state index contributed by atoms with van der Waals surface area (Å²) in [5.41, 5.74) is 0.968. The second kappa shape index (κ2) is 5.87. The van der Waals surface area contributed by atoms with E-state index < -0.39 is 5.97 Å². The molecular weight excluding hydrogens is 306 g/mol. The fraction of sp³-hybridized carbons (Fsp3) is 0.214. The Morgan fingerprint density at radius 2 is 2.24 bits per heavy atom. The summed E-state index contributed by atoms with van der Waals surface area (Å²) in [4.78, 5) is 10.8. The van der Waals surface area contributed by atoms with Crippen molar-refractivity contribution in [3.63, 3.8) is 0 Å². The first-order chi connectivity index (χ1) is 10.2. The third-order valence-electron chi connectivity index (χ3n) is 3.04. The van der Waals surface area contributed by atoms with Crippen molar-refractivity contribution in [2.75, 3.05) is 5.75 Å². The fourth-order valence-electron chi connectivity index (χ4n) is 2.10. The molecule has 1 aromatic carbocycles. The standard InChI is InChI=1S/C14H13N3O2S2/c1-2-12-15-16-14(21-8-13(18)19)17(12)10-3-4-11-9(7-10)5-6-20-11/h3-7H,2,8H2,1H3,(H,18,19). The van der Waals surface area contributed by atoms with Crippen molar-refractivity contribution in [2.24, 2.45) is 0 Å². The predicted molar refractivity (Wildman–Crippen MR) is 84.5 cm³/mol. The van der Waals surface area contributed by atoms with Crippen molar-refractivity contribution in [3.8, 4) is 5.69 Å². The quantitative estimate of drug-likeness (QED) is 0.731. The van der Waals surface area contributed by atoms with Gasteiger partial charge >= 0.3 is 5.97 Å². The number of fused-ring (bicyclic) bond motifs is 1. The molecule has 3 aromatic rings. The number of carboxylic acid groups (broad SMARTS) is 1. The van der Waals surface area contributed by atoms with Gasteiger partial charge in [0.1, 0.15) is 5.82 Å². The number of carbonyl (C=O) groups is 1. The van der Waals surface area contributed by atoms with E-state index in [1.807, 2.05) is 17.6 Å². The van der Waals surface area contributed by atoms with E-state index >= 15 is 0 Å². The van der Waals surface area contributed by atoms with Crippen LogP contribution in [0, 0.1) is 0 Å². The molecule has 7 heteroatoms. The van der Waals surface area contributed by atoms with E-state index in [2.05, 4.69) is 33.8 Å². The van der Waals surface area contributed by atoms with Crippen LogP contribution in [0.5, 0.6) is 0 Å². The maximum Gasteiger partial charge on any atom is 0.313 e. The molecule has 21 heavy (non-hydrogen) atoms. The third kappa shape index (κ3) is 2.79. The van der Waals surface area contributed by atoms with Crippen LogP contribution in [0.3, 0.4) is 0 Å². The van der Waals surface area contributed by atoms with Gasteiger partial charge in [0.2, 0.25) is 0 Å². The molecule has 0 atom stereocenters. The minimum absolute atomic E-state index is 0.0253. The lowest BCUT2D eigenvalue weighted by Gasteiger charge is -2.09. The van der Waals surface area contributed by atoms with Crippen LogP contribution < -0.4 is 0 Å². The van der Waals surface area contributed by atoms with E-state index in [0.717, 1.165) is 17.9 Å². The van der Waals surface area contributed by atoms with Gasteiger partial charge in [0.25, 0.3) is 0 Å². The Balaban J connectivity index is 2.05. The Morgan fingerprint density at radius 3 is 3.00 bits per heavy atom. The van der Waals surface area contributed by atoms with Gasteiger partial charge in [-0.15, -0.1) is 21.5 Å². The molecule has 0 unspecified atom stereocenters. The highest BCUT2D eigenvalue weighted by Gasteiger charge is 2.14. The van der Waals surface area contributed by atoms with Crippen molar-refractivity contribution < 1.29 is 9.90 Å². The van der Waals surface area contributed by atoms with Gasteiger partial charge in [-0.25, -0.2) is 0 Å². The van der Waals surface area contributed by atoms with Crippen LogP contribution in [0.1, 0.15) is 12.7 Å². The number of carboxylic acids is 1. The highest BCUT2D eigenvalue weighted by molar-refractivity contribution is 7.99. The number of aromatic nitrogens is 3. The largest absolute Gasteiger partial charge is 0.481 e. The molecule has 0 saturated heterocycles. The predicted octanol–water partition coefficient (Wildman–Crippen LogP) is 3.22. The van der Waals surface area contributed by atoms with Crippen molar-refractivity contribution in [1.82, 2.24) is 14.8 Å². The molecule has 0 aliphatic heterocycles. The van der Waals surface area contributed by atoms with Crippen molar-refractivity contribution in [3.05, 3.63) is 35.5 Å². The number of nitrogens with zero attached hydrogens (tertiary/aromatic N) is 3. The molecule has 3 rings (SSSR count). The fourth-order valence-corrected chi connectivity index (χ4v) is 3.56. The van der Waals surface area contributed by atoms with E-state index in [4.69, 9.17) is 5.11 Å². The number of thioether (sulfide) groups is 1. The summed E-state index contributed by atoms with van der Waals surface area (Å²) < 4.78 is 3.16. The van der Waals surface area contributed by atoms with Crippen LogP contribution in [-0.4, -0.2) is 31.6 Å². The summed E-state index contributed by atoms with van der Waals surface area (Å²) in [5, 5.41) is 21.0. The SMILES string of the molecule is CCc1nnc(SCC(=O)O)n1-c1ccc2sccc2c1. The number of benzene rings is 1. The molecule has 0 fully saturated rings. The van der Waals surface area contributed by atoms with Crippen molar-refractivity contribution >= 4 is 39.2 Å². The second-order valence-electron chi connectivity index (χ2n) is 4.41. The lowest BCUT2D eigenvalue weighted by molar-refractivity contribution is -0.133. The topological polar surface area (TPSA) is 68.0 Å². The highest BCUT2D eigenvalue weighted by atomic mass is 32.2. The zero-order valence-corrected chi connectivity index (χ0v) is 12.9. The molecule has 0 amide bonds. The minimum atomic E-state index is -0.860. The maximum absolute atomic E-state index is 10.8. The van der Waals surface area contributed by atoms with Gasteiger partial charge < -0.3 is 5.11 Å². The van der Waals surface area contributed by atoms with Gasteiger partial charge in [-0.3, -0.25) is 9.36 Å². The van der Waals surface area contributed by atoms with Gasteiger partial charge in [-0.05, 0) is 35.0 Å². The Kier molecular flexibility index (Phi) is 3.94. The van der Waals surface area contributed by atoms with Gasteiger partial charge in [-0.2, -0.15) is 0 Å². The lowest BCUT2D eigenvalue weighted by Crippen LogP contribution is -2.04. The second-order valence-corrected chi connectivity index (χ2v) is 6.30. The molecule has 2 heterocycles. The summed E-state index contributed by atoms with van der Waals surface area (Å²) in [6.45, 7) is 2.01. The highest BCUT2D eigenvalue weighted by Crippen LogP contribution is 2.27. The first kappa shape index (κ1) is 14.1. The third-order valence-corrected chi connectivity index (χ3v) is 4.85. The Bertz CT molecular complexity index is 794. The summed E-state index contributed by atoms with van der Waals surface area (Å²) in [6.07, 6.45) is 0.738. The molecule has 2 aromatic heterocycles. The Hall–Kier alpha value is -1.86. The van der Waals surface area contributed by atoms with Crippen molar-refractivity contribution in [2.45, 2.75) is 18.5 Å². The summed E-state index contributed by atoms with van der Waals surface area (Å²) in [7, 11) is 0. The van der Waals surface area contributed by atoms with Crippen LogP contribution in [0.25, 0.3) is 15.8 Å². The monoisotopic (exact) mass is 319 g/mol. The smallest absolute Gasteiger partial charge is 0.313 e. The molecule has 1 N–H and O–H groups in total. The lowest BCUT2D eigenvalue weighted by atomic mass is 10.2. The van der Waals surface area contributed by atoms with Crippen LogP contribution in [-0.2, 0) is 11.2 Å². The van der Waals surface area contributed by atoms with Gasteiger partial charge in [0.15, 0.2) is 5.16 Å². The van der Waals surface area contributed by atoms with E-state index in [0.29, 0.717) is 5.16 Å². The van der Waals surface area contributed by atoms with E-state index in [-0.39, 0.29) is 5.75 Å². The first-order valence-electron chi connectivity index (χ1n) is 6.45. The number of hydrogen-bond acceptors (Lipinski definition) is 5. The number of aryl methyl sites for hydroxylation is 1. The average molecular weight is 319 g/mol. The number of aliphatic carboxylic acids is 1. The molecule has 0 aliphatic carbocycles. The van der Waals surface area contributed by atoms with Crippen molar-refractivity contribution in [1.29, 1.82) is 0 Å². The molecule has 0 radical (unpaired) electrons. The Morgan fingerprint density at radius 1 is 1.38 bits per heavy atom. The zero-order valence-electron chi connectivity index (χ0n) is 11.3. The van der Waals surface area contributed by atoms with E-state index in [9.17, 15) is 4.79 Å². The van der Waals surface area contributed by atoms with Gasteiger partial charge in [-0.1, -0.05) is 18.7 Å². The molecule has 0 saturated carbocycles. The molecule has 0 aliphatic rings. The van der Waals surface area contributed by atoms with Gasteiger partial charge in [0, 0.05) is 11.1 Å². The van der Waals surface area contributed by atoms with Crippen LogP contribution in [0.15, 0.2) is 34.8 Å². The molecular formula is C14H13N3O2S2. The molecule has 5 nitrogen and oxygen atoms in total. The van der Waals surface area contributed by atoms with Crippen LogP contribution in [0.2, 0.25) is 0 Å². The number of rotatable bonds is 5. The molecule has 0 bridgehead atoms. The van der Waals surface area contributed by atoms with E-state index in [1.165, 1.54) is 21.8 Å². The number of thiophene rings is 1. The van der Waals surface area contributed by atoms with Crippen LogP contribution in [0.4, 0.5) is 0 Å². The summed E-state index contributed by atoms with van der Waals surface area (Å²) in [6, 6.07) is 8.25. The molecule has 108 valence electrons. The zero-order chi connectivity index (χ0) is 14.8. The normalized spacial score (nSPS) is 11.1. The van der Waals surface area contributed by atoms with Crippen LogP contribution >= 0.6 is 23.1 Å². The minimum Gasteiger partial charge on any atom is -0.481 e.